The van der Waals surface area contributed by atoms with E-state index in [-0.39, 0.29) is 23.6 Å². The van der Waals surface area contributed by atoms with E-state index in [0.717, 1.165) is 12.1 Å². The van der Waals surface area contributed by atoms with Crippen molar-refractivity contribution in [1.29, 1.82) is 0 Å². The number of nitrogens with one attached hydrogen (secondary N) is 1. The van der Waals surface area contributed by atoms with E-state index in [4.69, 9.17) is 4.74 Å². The van der Waals surface area contributed by atoms with Crippen LogP contribution >= 0.6 is 0 Å². The van der Waals surface area contributed by atoms with E-state index < -0.39 is 17.6 Å². The van der Waals surface area contributed by atoms with Crippen molar-refractivity contribution in [1.82, 2.24) is 25.5 Å². The third kappa shape index (κ3) is 4.81. The number of hydrogen-bond acceptors (Lipinski definition) is 5. The molecular weight excluding hydrogens is 363 g/mol. The molecule has 0 saturated carbocycles. The molecule has 0 spiro atoms. The number of benzene rings is 2. The van der Waals surface area contributed by atoms with Crippen molar-refractivity contribution < 1.29 is 22.7 Å². The second-order valence-electron chi connectivity index (χ2n) is 5.53. The molecule has 1 aromatic heterocycles. The summed E-state index contributed by atoms with van der Waals surface area (Å²) in [4.78, 5) is 13.5. The zero-order chi connectivity index (χ0) is 19.4. The topological polar surface area (TPSA) is 81.9 Å². The van der Waals surface area contributed by atoms with Crippen LogP contribution in [0.15, 0.2) is 48.5 Å². The number of amides is 1. The van der Waals surface area contributed by atoms with Crippen LogP contribution in [0.2, 0.25) is 0 Å². The van der Waals surface area contributed by atoms with Crippen LogP contribution in [0.1, 0.15) is 21.7 Å². The summed E-state index contributed by atoms with van der Waals surface area (Å²) in [5.41, 5.74) is -0.534. The molecular formula is C17H14F3N5O2. The molecule has 0 aliphatic rings. The molecule has 3 aromatic rings. The number of carbonyl (C=O) groups excluding carboxylic acids is 1. The Morgan fingerprint density at radius 3 is 2.52 bits per heavy atom. The van der Waals surface area contributed by atoms with Gasteiger partial charge in [0.15, 0.2) is 5.82 Å². The van der Waals surface area contributed by atoms with Crippen LogP contribution in [0.4, 0.5) is 13.2 Å². The van der Waals surface area contributed by atoms with Crippen molar-refractivity contribution in [3.8, 4) is 11.5 Å². The maximum Gasteiger partial charge on any atom is 0.416 e. The number of nitrogens with zero attached hydrogens (tertiary/aromatic N) is 4. The average molecular weight is 377 g/mol. The zero-order valence-electron chi connectivity index (χ0n) is 14.1. The summed E-state index contributed by atoms with van der Waals surface area (Å²) in [5, 5.41) is 14.0. The lowest BCUT2D eigenvalue weighted by atomic mass is 10.2. The van der Waals surface area contributed by atoms with Gasteiger partial charge in [-0.3, -0.25) is 4.79 Å². The molecule has 0 radical (unpaired) electrons. The fraction of sp³-hybridized carbons (Fsp3) is 0.176. The van der Waals surface area contributed by atoms with Gasteiger partial charge < -0.3 is 10.1 Å². The minimum absolute atomic E-state index is 0.0196. The lowest BCUT2D eigenvalue weighted by Gasteiger charge is -2.11. The number of carbonyl (C=O) groups is 1. The Hall–Kier alpha value is -3.43. The van der Waals surface area contributed by atoms with Crippen LogP contribution in [0.3, 0.4) is 0 Å². The van der Waals surface area contributed by atoms with E-state index in [0.29, 0.717) is 5.82 Å². The monoisotopic (exact) mass is 377 g/mol. The normalized spacial score (nSPS) is 11.3. The average Bonchev–Trinajstić information content (AvgIpc) is 3.05. The first-order chi connectivity index (χ1) is 12.8. The molecule has 27 heavy (non-hydrogen) atoms. The standard InChI is InChI=1S/C17H14F3N5O2/c1-25-23-15(22-24-25)10-21-16(26)11-4-2-6-13(8-11)27-14-7-3-5-12(9-14)17(18,19)20/h2-9H,10H2,1H3,(H,21,26). The lowest BCUT2D eigenvalue weighted by Crippen LogP contribution is -2.23. The second-order valence-corrected chi connectivity index (χ2v) is 5.53. The fourth-order valence-electron chi connectivity index (χ4n) is 2.23. The van der Waals surface area contributed by atoms with Crippen molar-refractivity contribution in [2.24, 2.45) is 7.05 Å². The maximum absolute atomic E-state index is 12.8. The molecule has 140 valence electrons. The predicted octanol–water partition coefficient (Wildman–Crippen LogP) is 2.95. The van der Waals surface area contributed by atoms with Crippen molar-refractivity contribution in [2.45, 2.75) is 12.7 Å². The van der Waals surface area contributed by atoms with Gasteiger partial charge in [-0.1, -0.05) is 12.1 Å². The minimum Gasteiger partial charge on any atom is -0.457 e. The van der Waals surface area contributed by atoms with Gasteiger partial charge >= 0.3 is 6.18 Å². The van der Waals surface area contributed by atoms with E-state index in [9.17, 15) is 18.0 Å². The van der Waals surface area contributed by atoms with E-state index in [1.54, 1.807) is 25.2 Å². The van der Waals surface area contributed by atoms with Gasteiger partial charge in [0, 0.05) is 5.56 Å². The van der Waals surface area contributed by atoms with E-state index in [2.05, 4.69) is 20.7 Å². The highest BCUT2D eigenvalue weighted by Crippen LogP contribution is 2.32. The van der Waals surface area contributed by atoms with E-state index in [1.165, 1.54) is 23.0 Å². The largest absolute Gasteiger partial charge is 0.457 e. The van der Waals surface area contributed by atoms with Crippen LogP contribution < -0.4 is 10.1 Å². The van der Waals surface area contributed by atoms with Gasteiger partial charge in [-0.2, -0.15) is 18.0 Å². The van der Waals surface area contributed by atoms with Gasteiger partial charge in [0.25, 0.3) is 5.91 Å². The van der Waals surface area contributed by atoms with Crippen molar-refractivity contribution in [2.75, 3.05) is 0 Å². The van der Waals surface area contributed by atoms with Gasteiger partial charge in [-0.25, -0.2) is 0 Å². The first kappa shape index (κ1) is 18.4. The van der Waals surface area contributed by atoms with Gasteiger partial charge in [-0.15, -0.1) is 10.2 Å². The summed E-state index contributed by atoms with van der Waals surface area (Å²) in [5.74, 6) is 0.199. The smallest absolute Gasteiger partial charge is 0.416 e. The Balaban J connectivity index is 1.69. The second kappa shape index (κ2) is 7.44. The first-order valence-electron chi connectivity index (χ1n) is 7.77. The van der Waals surface area contributed by atoms with Crippen molar-refractivity contribution >= 4 is 5.91 Å². The number of aromatic nitrogens is 4. The summed E-state index contributed by atoms with van der Waals surface area (Å²) in [7, 11) is 1.60. The molecule has 1 amide bonds. The van der Waals surface area contributed by atoms with Crippen LogP contribution in [-0.4, -0.2) is 26.1 Å². The molecule has 0 unspecified atom stereocenters. The highest BCUT2D eigenvalue weighted by molar-refractivity contribution is 5.94. The van der Waals surface area contributed by atoms with Crippen LogP contribution in [-0.2, 0) is 19.8 Å². The SMILES string of the molecule is Cn1nnc(CNC(=O)c2cccc(Oc3cccc(C(F)(F)F)c3)c2)n1. The highest BCUT2D eigenvalue weighted by atomic mass is 19.4. The minimum atomic E-state index is -4.46. The van der Waals surface area contributed by atoms with E-state index in [1.807, 2.05) is 0 Å². The van der Waals surface area contributed by atoms with Crippen molar-refractivity contribution in [3.63, 3.8) is 0 Å². The third-order valence-corrected chi connectivity index (χ3v) is 3.45. The molecule has 1 heterocycles. The lowest BCUT2D eigenvalue weighted by molar-refractivity contribution is -0.137. The molecule has 0 saturated heterocycles. The zero-order valence-corrected chi connectivity index (χ0v) is 14.1. The fourth-order valence-corrected chi connectivity index (χ4v) is 2.23. The quantitative estimate of drug-likeness (QED) is 0.739. The Morgan fingerprint density at radius 2 is 1.85 bits per heavy atom. The van der Waals surface area contributed by atoms with Gasteiger partial charge in [0.1, 0.15) is 11.5 Å². The molecule has 0 bridgehead atoms. The maximum atomic E-state index is 12.8. The number of tetrazole rings is 1. The molecule has 1 N–H and O–H groups in total. The van der Waals surface area contributed by atoms with Gasteiger partial charge in [0.05, 0.1) is 19.2 Å². The Labute approximate surface area is 151 Å². The molecule has 10 heteroatoms. The molecule has 2 aromatic carbocycles. The highest BCUT2D eigenvalue weighted by Gasteiger charge is 2.30. The summed E-state index contributed by atoms with van der Waals surface area (Å²) in [6.45, 7) is 0.0887. The number of halogens is 3. The van der Waals surface area contributed by atoms with E-state index >= 15 is 0 Å². The first-order valence-corrected chi connectivity index (χ1v) is 7.77. The van der Waals surface area contributed by atoms with Gasteiger partial charge in [-0.05, 0) is 41.6 Å². The Kier molecular flexibility index (Phi) is 5.06. The molecule has 0 aliphatic carbocycles. The molecule has 0 aliphatic heterocycles. The van der Waals surface area contributed by atoms with Crippen molar-refractivity contribution in [3.05, 3.63) is 65.5 Å². The summed E-state index contributed by atoms with van der Waals surface area (Å²) in [6.07, 6.45) is -4.46. The predicted molar refractivity (Wildman–Crippen MR) is 87.9 cm³/mol. The van der Waals surface area contributed by atoms with Crippen LogP contribution in [0.5, 0.6) is 11.5 Å². The third-order valence-electron chi connectivity index (χ3n) is 3.45. The molecule has 0 atom stereocenters. The molecule has 3 rings (SSSR count). The summed E-state index contributed by atoms with van der Waals surface area (Å²) < 4.78 is 43.8. The summed E-state index contributed by atoms with van der Waals surface area (Å²) >= 11 is 0. The Morgan fingerprint density at radius 1 is 1.15 bits per heavy atom. The van der Waals surface area contributed by atoms with Gasteiger partial charge in [0.2, 0.25) is 0 Å². The van der Waals surface area contributed by atoms with Crippen LogP contribution in [0.25, 0.3) is 0 Å². The Bertz CT molecular complexity index is 955. The summed E-state index contributed by atoms with van der Waals surface area (Å²) in [6, 6.07) is 10.6. The number of hydrogen-bond donors (Lipinski definition) is 1. The number of alkyl halides is 3. The molecule has 0 fully saturated rings. The van der Waals surface area contributed by atoms with Crippen LogP contribution in [0, 0.1) is 0 Å². The number of rotatable bonds is 5. The molecule has 7 nitrogen and oxygen atoms in total. The number of aryl methyl sites for hydroxylation is 1. The number of ether oxygens (including phenoxy) is 1.